The number of carbonyl (C=O) groups is 2. The highest BCUT2D eigenvalue weighted by atomic mass is 16.2. The van der Waals surface area contributed by atoms with Gasteiger partial charge in [-0.2, -0.15) is 0 Å². The Balaban J connectivity index is 1.94. The number of benzene rings is 2. The Labute approximate surface area is 136 Å². The minimum absolute atomic E-state index is 0.133. The molecular formula is C19H22N2O2. The zero-order valence-electron chi connectivity index (χ0n) is 13.5. The van der Waals surface area contributed by atoms with Crippen molar-refractivity contribution in [3.63, 3.8) is 0 Å². The van der Waals surface area contributed by atoms with Gasteiger partial charge in [0, 0.05) is 6.42 Å². The monoisotopic (exact) mass is 310 g/mol. The van der Waals surface area contributed by atoms with Gasteiger partial charge in [0.1, 0.15) is 0 Å². The van der Waals surface area contributed by atoms with Gasteiger partial charge in [-0.25, -0.2) is 0 Å². The molecule has 2 rings (SSSR count). The topological polar surface area (TPSA) is 72.2 Å². The van der Waals surface area contributed by atoms with Crippen LogP contribution in [0.2, 0.25) is 0 Å². The van der Waals surface area contributed by atoms with Crippen LogP contribution in [-0.2, 0) is 11.2 Å². The van der Waals surface area contributed by atoms with E-state index in [0.717, 1.165) is 5.56 Å². The lowest BCUT2D eigenvalue weighted by molar-refractivity contribution is -0.116. The molecular weight excluding hydrogens is 288 g/mol. The molecule has 0 aromatic heterocycles. The normalized spacial score (nSPS) is 10.6. The van der Waals surface area contributed by atoms with Crippen LogP contribution in [0.25, 0.3) is 0 Å². The van der Waals surface area contributed by atoms with Crippen LogP contribution in [0.1, 0.15) is 47.7 Å². The second-order valence-electron chi connectivity index (χ2n) is 5.85. The van der Waals surface area contributed by atoms with E-state index in [1.807, 2.05) is 0 Å². The summed E-state index contributed by atoms with van der Waals surface area (Å²) < 4.78 is 0. The SMILES string of the molecule is CC(C)c1ccc(CCC(=O)Nc2ccccc2C(N)=O)cc1. The molecule has 23 heavy (non-hydrogen) atoms. The number of anilines is 1. The molecule has 3 N–H and O–H groups in total. The predicted molar refractivity (Wildman–Crippen MR) is 92.4 cm³/mol. The number of hydrogen-bond acceptors (Lipinski definition) is 2. The Morgan fingerprint density at radius 2 is 1.70 bits per heavy atom. The Kier molecular flexibility index (Phi) is 5.52. The van der Waals surface area contributed by atoms with Gasteiger partial charge in [-0.05, 0) is 35.6 Å². The van der Waals surface area contributed by atoms with Gasteiger partial charge in [0.15, 0.2) is 0 Å². The number of nitrogens with two attached hydrogens (primary N) is 1. The standard InChI is InChI=1S/C19H22N2O2/c1-13(2)15-10-7-14(8-11-15)9-12-18(22)21-17-6-4-3-5-16(17)19(20)23/h3-8,10-11,13H,9,12H2,1-2H3,(H2,20,23)(H,21,22). The molecule has 0 unspecified atom stereocenters. The first-order valence-electron chi connectivity index (χ1n) is 7.75. The lowest BCUT2D eigenvalue weighted by Gasteiger charge is -2.09. The number of amides is 2. The minimum atomic E-state index is -0.551. The Hall–Kier alpha value is -2.62. The second kappa shape index (κ2) is 7.58. The molecule has 4 nitrogen and oxygen atoms in total. The number of nitrogens with one attached hydrogen (secondary N) is 1. The molecule has 0 atom stereocenters. The number of rotatable bonds is 6. The quantitative estimate of drug-likeness (QED) is 0.857. The van der Waals surface area contributed by atoms with E-state index in [0.29, 0.717) is 30.0 Å². The summed E-state index contributed by atoms with van der Waals surface area (Å²) in [5.41, 5.74) is 8.49. The van der Waals surface area contributed by atoms with E-state index in [1.165, 1.54) is 5.56 Å². The van der Waals surface area contributed by atoms with E-state index in [4.69, 9.17) is 5.73 Å². The Morgan fingerprint density at radius 1 is 1.04 bits per heavy atom. The molecule has 0 fully saturated rings. The zero-order chi connectivity index (χ0) is 16.8. The highest BCUT2D eigenvalue weighted by Crippen LogP contribution is 2.17. The maximum atomic E-state index is 12.1. The molecule has 0 heterocycles. The first-order chi connectivity index (χ1) is 11.0. The Bertz CT molecular complexity index is 691. The van der Waals surface area contributed by atoms with Crippen molar-refractivity contribution in [3.8, 4) is 0 Å². The van der Waals surface area contributed by atoms with Crippen molar-refractivity contribution >= 4 is 17.5 Å². The summed E-state index contributed by atoms with van der Waals surface area (Å²) in [6, 6.07) is 15.1. The van der Waals surface area contributed by atoms with Gasteiger partial charge in [0.05, 0.1) is 11.3 Å². The molecule has 0 saturated carbocycles. The fourth-order valence-corrected chi connectivity index (χ4v) is 2.35. The fourth-order valence-electron chi connectivity index (χ4n) is 2.35. The van der Waals surface area contributed by atoms with E-state index in [1.54, 1.807) is 24.3 Å². The maximum Gasteiger partial charge on any atom is 0.250 e. The third kappa shape index (κ3) is 4.68. The van der Waals surface area contributed by atoms with Crippen LogP contribution in [0.3, 0.4) is 0 Å². The van der Waals surface area contributed by atoms with Crippen LogP contribution in [0.15, 0.2) is 48.5 Å². The lowest BCUT2D eigenvalue weighted by Crippen LogP contribution is -2.18. The van der Waals surface area contributed by atoms with Gasteiger partial charge in [-0.3, -0.25) is 9.59 Å². The average Bonchev–Trinajstić information content (AvgIpc) is 2.53. The minimum Gasteiger partial charge on any atom is -0.366 e. The average molecular weight is 310 g/mol. The predicted octanol–water partition coefficient (Wildman–Crippen LogP) is 3.48. The number of carbonyl (C=O) groups excluding carboxylic acids is 2. The van der Waals surface area contributed by atoms with E-state index < -0.39 is 5.91 Å². The molecule has 0 radical (unpaired) electrons. The maximum absolute atomic E-state index is 12.1. The number of hydrogen-bond donors (Lipinski definition) is 2. The molecule has 0 bridgehead atoms. The van der Waals surface area contributed by atoms with Crippen molar-refractivity contribution in [2.45, 2.75) is 32.6 Å². The highest BCUT2D eigenvalue weighted by molar-refractivity contribution is 6.02. The molecule has 0 aliphatic carbocycles. The van der Waals surface area contributed by atoms with Crippen molar-refractivity contribution in [2.24, 2.45) is 5.73 Å². The summed E-state index contributed by atoms with van der Waals surface area (Å²) in [5.74, 6) is -0.186. The van der Waals surface area contributed by atoms with Crippen molar-refractivity contribution in [1.82, 2.24) is 0 Å². The van der Waals surface area contributed by atoms with Gasteiger partial charge in [0.25, 0.3) is 5.91 Å². The van der Waals surface area contributed by atoms with E-state index in [9.17, 15) is 9.59 Å². The van der Waals surface area contributed by atoms with Crippen molar-refractivity contribution in [1.29, 1.82) is 0 Å². The van der Waals surface area contributed by atoms with Gasteiger partial charge in [0.2, 0.25) is 5.91 Å². The van der Waals surface area contributed by atoms with Crippen LogP contribution >= 0.6 is 0 Å². The fraction of sp³-hybridized carbons (Fsp3) is 0.263. The summed E-state index contributed by atoms with van der Waals surface area (Å²) in [7, 11) is 0. The summed E-state index contributed by atoms with van der Waals surface area (Å²) >= 11 is 0. The van der Waals surface area contributed by atoms with E-state index in [-0.39, 0.29) is 5.91 Å². The first-order valence-corrected chi connectivity index (χ1v) is 7.75. The molecule has 4 heteroatoms. The lowest BCUT2D eigenvalue weighted by atomic mass is 10.0. The summed E-state index contributed by atoms with van der Waals surface area (Å²) in [5, 5.41) is 2.75. The zero-order valence-corrected chi connectivity index (χ0v) is 13.5. The molecule has 120 valence electrons. The second-order valence-corrected chi connectivity index (χ2v) is 5.85. The number of aryl methyl sites for hydroxylation is 1. The number of para-hydroxylation sites is 1. The van der Waals surface area contributed by atoms with Crippen LogP contribution in [0.5, 0.6) is 0 Å². The van der Waals surface area contributed by atoms with Crippen LogP contribution in [-0.4, -0.2) is 11.8 Å². The molecule has 2 amide bonds. The summed E-state index contributed by atoms with van der Waals surface area (Å²) in [6.45, 7) is 4.30. The van der Waals surface area contributed by atoms with Gasteiger partial charge in [-0.15, -0.1) is 0 Å². The third-order valence-corrected chi connectivity index (χ3v) is 3.75. The van der Waals surface area contributed by atoms with E-state index >= 15 is 0 Å². The Morgan fingerprint density at radius 3 is 2.30 bits per heavy atom. The van der Waals surface area contributed by atoms with Gasteiger partial charge < -0.3 is 11.1 Å². The molecule has 0 aliphatic heterocycles. The number of primary amides is 1. The first kappa shape index (κ1) is 16.7. The van der Waals surface area contributed by atoms with Crippen molar-refractivity contribution < 1.29 is 9.59 Å². The molecule has 0 saturated heterocycles. The smallest absolute Gasteiger partial charge is 0.250 e. The van der Waals surface area contributed by atoms with Gasteiger partial charge >= 0.3 is 0 Å². The molecule has 0 spiro atoms. The van der Waals surface area contributed by atoms with Crippen molar-refractivity contribution in [2.75, 3.05) is 5.32 Å². The van der Waals surface area contributed by atoms with Crippen LogP contribution in [0.4, 0.5) is 5.69 Å². The summed E-state index contributed by atoms with van der Waals surface area (Å²) in [6.07, 6.45) is 1.01. The molecule has 2 aromatic rings. The van der Waals surface area contributed by atoms with Crippen LogP contribution < -0.4 is 11.1 Å². The molecule has 0 aliphatic rings. The van der Waals surface area contributed by atoms with E-state index in [2.05, 4.69) is 43.4 Å². The highest BCUT2D eigenvalue weighted by Gasteiger charge is 2.10. The van der Waals surface area contributed by atoms with Gasteiger partial charge in [-0.1, -0.05) is 50.2 Å². The largest absolute Gasteiger partial charge is 0.366 e. The van der Waals surface area contributed by atoms with Crippen LogP contribution in [0, 0.1) is 0 Å². The summed E-state index contributed by atoms with van der Waals surface area (Å²) in [4.78, 5) is 23.4. The molecule has 2 aromatic carbocycles. The van der Waals surface area contributed by atoms with Crippen molar-refractivity contribution in [3.05, 3.63) is 65.2 Å². The third-order valence-electron chi connectivity index (χ3n) is 3.75.